The van der Waals surface area contributed by atoms with Crippen molar-refractivity contribution in [1.82, 2.24) is 5.32 Å². The number of hydrogen-bond donors (Lipinski definition) is 2. The Bertz CT molecular complexity index is 620. The summed E-state index contributed by atoms with van der Waals surface area (Å²) in [5, 5.41) is 17.5. The average Bonchev–Trinajstić information content (AvgIpc) is 3.10. The van der Waals surface area contributed by atoms with Crippen LogP contribution in [0.4, 0.5) is 0 Å². The van der Waals surface area contributed by atoms with Crippen LogP contribution in [0.2, 0.25) is 0 Å². The van der Waals surface area contributed by atoms with Crippen LogP contribution < -0.4 is 5.32 Å². The molecule has 0 aliphatic rings. The highest BCUT2D eigenvalue weighted by atomic mass is 32.1. The molecule has 0 radical (unpaired) electrons. The van der Waals surface area contributed by atoms with Gasteiger partial charge >= 0.3 is 0 Å². The van der Waals surface area contributed by atoms with Crippen LogP contribution in [0.15, 0.2) is 28.3 Å². The van der Waals surface area contributed by atoms with Gasteiger partial charge in [0.1, 0.15) is 0 Å². The lowest BCUT2D eigenvalue weighted by Gasteiger charge is -2.11. The minimum Gasteiger partial charge on any atom is -0.395 e. The number of amides is 1. The summed E-state index contributed by atoms with van der Waals surface area (Å²) in [7, 11) is 0. The summed E-state index contributed by atoms with van der Waals surface area (Å²) in [5.74, 6) is 5.69. The molecule has 3 nitrogen and oxygen atoms in total. The van der Waals surface area contributed by atoms with Crippen molar-refractivity contribution in [3.05, 3.63) is 44.3 Å². The summed E-state index contributed by atoms with van der Waals surface area (Å²) >= 11 is 3.06. The van der Waals surface area contributed by atoms with Crippen LogP contribution in [0.1, 0.15) is 40.2 Å². The summed E-state index contributed by atoms with van der Waals surface area (Å²) in [6.07, 6.45) is 0.453. The van der Waals surface area contributed by atoms with E-state index < -0.39 is 0 Å². The van der Waals surface area contributed by atoms with Gasteiger partial charge in [0.05, 0.1) is 23.1 Å². The van der Waals surface area contributed by atoms with E-state index in [1.165, 1.54) is 11.3 Å². The molecule has 0 spiro atoms. The normalized spacial score (nSPS) is 11.5. The van der Waals surface area contributed by atoms with Crippen LogP contribution in [0.5, 0.6) is 0 Å². The SMILES string of the molecule is CC(NC(=O)c1csc(C#CCCO)c1)c1ccsc1. The number of carbonyl (C=O) groups is 1. The van der Waals surface area contributed by atoms with E-state index in [1.54, 1.807) is 22.8 Å². The highest BCUT2D eigenvalue weighted by molar-refractivity contribution is 7.10. The van der Waals surface area contributed by atoms with Gasteiger partial charge in [0.25, 0.3) is 5.91 Å². The van der Waals surface area contributed by atoms with Crippen LogP contribution in [-0.4, -0.2) is 17.6 Å². The standard InChI is InChI=1S/C15H15NO2S2/c1-11(12-5-7-19-9-12)16-15(18)13-8-14(20-10-13)4-2-3-6-17/h5,7-11,17H,3,6H2,1H3,(H,16,18). The van der Waals surface area contributed by atoms with Gasteiger partial charge < -0.3 is 10.4 Å². The zero-order valence-electron chi connectivity index (χ0n) is 11.1. The maximum Gasteiger partial charge on any atom is 0.252 e. The van der Waals surface area contributed by atoms with Gasteiger partial charge in [-0.25, -0.2) is 0 Å². The van der Waals surface area contributed by atoms with Crippen molar-refractivity contribution in [3.63, 3.8) is 0 Å². The van der Waals surface area contributed by atoms with Crippen molar-refractivity contribution >= 4 is 28.6 Å². The third-order valence-corrected chi connectivity index (χ3v) is 4.25. The van der Waals surface area contributed by atoms with Crippen molar-refractivity contribution in [1.29, 1.82) is 0 Å². The molecule has 0 aromatic carbocycles. The summed E-state index contributed by atoms with van der Waals surface area (Å²) in [4.78, 5) is 12.9. The number of aliphatic hydroxyl groups excluding tert-OH is 1. The summed E-state index contributed by atoms with van der Waals surface area (Å²) in [6, 6.07) is 3.79. The fraction of sp³-hybridized carbons (Fsp3) is 0.267. The second-order valence-corrected chi connectivity index (χ2v) is 5.92. The van der Waals surface area contributed by atoms with Crippen LogP contribution >= 0.6 is 22.7 Å². The lowest BCUT2D eigenvalue weighted by Crippen LogP contribution is -2.25. The van der Waals surface area contributed by atoms with Crippen LogP contribution in [0.25, 0.3) is 0 Å². The molecule has 2 rings (SSSR count). The summed E-state index contributed by atoms with van der Waals surface area (Å²) in [6.45, 7) is 2.03. The van der Waals surface area contributed by atoms with Gasteiger partial charge in [0.2, 0.25) is 0 Å². The molecule has 2 heterocycles. The van der Waals surface area contributed by atoms with E-state index >= 15 is 0 Å². The van der Waals surface area contributed by atoms with Gasteiger partial charge in [0.15, 0.2) is 0 Å². The molecule has 0 aliphatic carbocycles. The van der Waals surface area contributed by atoms with Crippen molar-refractivity contribution in [3.8, 4) is 11.8 Å². The molecule has 1 atom stereocenters. The molecule has 0 fully saturated rings. The first-order valence-electron chi connectivity index (χ1n) is 6.22. The molecule has 1 unspecified atom stereocenters. The molecule has 0 saturated carbocycles. The number of hydrogen-bond acceptors (Lipinski definition) is 4. The van der Waals surface area contributed by atoms with E-state index in [9.17, 15) is 4.79 Å². The lowest BCUT2D eigenvalue weighted by atomic mass is 10.1. The smallest absolute Gasteiger partial charge is 0.252 e. The second-order valence-electron chi connectivity index (χ2n) is 4.23. The van der Waals surface area contributed by atoms with Crippen molar-refractivity contribution in [2.75, 3.05) is 6.61 Å². The molecular weight excluding hydrogens is 290 g/mol. The second kappa shape index (κ2) is 7.25. The van der Waals surface area contributed by atoms with Crippen molar-refractivity contribution < 1.29 is 9.90 Å². The Morgan fingerprint density at radius 2 is 2.35 bits per heavy atom. The van der Waals surface area contributed by atoms with Crippen LogP contribution in [-0.2, 0) is 0 Å². The fourth-order valence-corrected chi connectivity index (χ4v) is 3.12. The van der Waals surface area contributed by atoms with Gasteiger partial charge in [-0.3, -0.25) is 4.79 Å². The van der Waals surface area contributed by atoms with Gasteiger partial charge in [-0.15, -0.1) is 11.3 Å². The third kappa shape index (κ3) is 3.94. The quantitative estimate of drug-likeness (QED) is 0.853. The zero-order chi connectivity index (χ0) is 14.4. The molecule has 0 bridgehead atoms. The summed E-state index contributed by atoms with van der Waals surface area (Å²) in [5.41, 5.74) is 1.74. The molecule has 104 valence electrons. The molecule has 0 aliphatic heterocycles. The summed E-state index contributed by atoms with van der Waals surface area (Å²) < 4.78 is 0. The molecule has 2 aromatic rings. The predicted molar refractivity (Wildman–Crippen MR) is 83.1 cm³/mol. The van der Waals surface area contributed by atoms with Crippen molar-refractivity contribution in [2.24, 2.45) is 0 Å². The molecular formula is C15H15NO2S2. The molecule has 0 saturated heterocycles. The number of aliphatic hydroxyl groups is 1. The fourth-order valence-electron chi connectivity index (χ4n) is 1.61. The number of nitrogens with one attached hydrogen (secondary N) is 1. The molecule has 2 N–H and O–H groups in total. The molecule has 20 heavy (non-hydrogen) atoms. The zero-order valence-corrected chi connectivity index (χ0v) is 12.7. The van der Waals surface area contributed by atoms with Crippen molar-refractivity contribution in [2.45, 2.75) is 19.4 Å². The molecule has 1 amide bonds. The van der Waals surface area contributed by atoms with Gasteiger partial charge in [-0.05, 0) is 35.4 Å². The highest BCUT2D eigenvalue weighted by Crippen LogP contribution is 2.18. The minimum absolute atomic E-state index is 0.00225. The Balaban J connectivity index is 1.98. The largest absolute Gasteiger partial charge is 0.395 e. The van der Waals surface area contributed by atoms with E-state index in [4.69, 9.17) is 5.11 Å². The molecule has 2 aromatic heterocycles. The van der Waals surface area contributed by atoms with E-state index in [1.807, 2.05) is 23.8 Å². The predicted octanol–water partition coefficient (Wildman–Crippen LogP) is 3.03. The average molecular weight is 305 g/mol. The first kappa shape index (κ1) is 14.8. The van der Waals surface area contributed by atoms with E-state index in [0.29, 0.717) is 12.0 Å². The van der Waals surface area contributed by atoms with Gasteiger partial charge in [0, 0.05) is 11.8 Å². The van der Waals surface area contributed by atoms with E-state index in [0.717, 1.165) is 10.4 Å². The maximum absolute atomic E-state index is 12.1. The number of thiophene rings is 2. The highest BCUT2D eigenvalue weighted by Gasteiger charge is 2.12. The number of rotatable bonds is 4. The third-order valence-electron chi connectivity index (χ3n) is 2.70. The van der Waals surface area contributed by atoms with E-state index in [-0.39, 0.29) is 18.6 Å². The van der Waals surface area contributed by atoms with Gasteiger partial charge in [-0.2, -0.15) is 11.3 Å². The number of carbonyl (C=O) groups excluding carboxylic acids is 1. The Morgan fingerprint density at radius 3 is 3.05 bits per heavy atom. The van der Waals surface area contributed by atoms with Gasteiger partial charge in [-0.1, -0.05) is 11.8 Å². The molecule has 5 heteroatoms. The Kier molecular flexibility index (Phi) is 5.36. The van der Waals surface area contributed by atoms with Crippen LogP contribution in [0.3, 0.4) is 0 Å². The maximum atomic E-state index is 12.1. The minimum atomic E-state index is -0.0878. The first-order valence-corrected chi connectivity index (χ1v) is 8.04. The monoisotopic (exact) mass is 305 g/mol. The van der Waals surface area contributed by atoms with E-state index in [2.05, 4.69) is 17.2 Å². The Labute approximate surface area is 126 Å². The van der Waals surface area contributed by atoms with Crippen LogP contribution in [0, 0.1) is 11.8 Å². The topological polar surface area (TPSA) is 49.3 Å². The Morgan fingerprint density at radius 1 is 1.50 bits per heavy atom. The first-order chi connectivity index (χ1) is 9.70. The Hall–Kier alpha value is -1.61. The lowest BCUT2D eigenvalue weighted by molar-refractivity contribution is 0.0940.